The minimum Gasteiger partial charge on any atom is -0.497 e. The molecule has 0 saturated heterocycles. The van der Waals surface area contributed by atoms with E-state index >= 15 is 0 Å². The highest BCUT2D eigenvalue weighted by Gasteiger charge is 2.35. The molecule has 1 aliphatic carbocycles. The number of hydrogen-bond donors (Lipinski definition) is 2. The SMILES string of the molecule is COC(=O)c1cc(OC)ccc1NCC(=O)NC1(C#N)CCCC1. The van der Waals surface area contributed by atoms with Crippen LogP contribution in [-0.2, 0) is 9.53 Å². The van der Waals surface area contributed by atoms with Gasteiger partial charge in [0, 0.05) is 5.69 Å². The molecule has 7 heteroatoms. The van der Waals surface area contributed by atoms with Crippen LogP contribution in [0.1, 0.15) is 36.0 Å². The zero-order valence-corrected chi connectivity index (χ0v) is 13.8. The zero-order valence-electron chi connectivity index (χ0n) is 13.8. The second-order valence-electron chi connectivity index (χ2n) is 5.71. The van der Waals surface area contributed by atoms with Crippen molar-refractivity contribution in [1.82, 2.24) is 5.32 Å². The van der Waals surface area contributed by atoms with Crippen LogP contribution < -0.4 is 15.4 Å². The third-order valence-electron chi connectivity index (χ3n) is 4.12. The van der Waals surface area contributed by atoms with Crippen LogP contribution in [0.2, 0.25) is 0 Å². The molecule has 0 spiro atoms. The number of carbonyl (C=O) groups is 2. The third kappa shape index (κ3) is 3.96. The molecule has 1 fully saturated rings. The van der Waals surface area contributed by atoms with E-state index in [2.05, 4.69) is 16.7 Å². The number of esters is 1. The van der Waals surface area contributed by atoms with Crippen molar-refractivity contribution < 1.29 is 19.1 Å². The molecule has 1 saturated carbocycles. The highest BCUT2D eigenvalue weighted by atomic mass is 16.5. The highest BCUT2D eigenvalue weighted by Crippen LogP contribution is 2.29. The maximum atomic E-state index is 12.1. The van der Waals surface area contributed by atoms with Crippen molar-refractivity contribution in [3.63, 3.8) is 0 Å². The quantitative estimate of drug-likeness (QED) is 0.772. The standard InChI is InChI=1S/C17H21N3O4/c1-23-12-5-6-14(13(9-12)16(22)24-2)19-10-15(21)20-17(11-18)7-3-4-8-17/h5-6,9,19H,3-4,7-8,10H2,1-2H3,(H,20,21). The summed E-state index contributed by atoms with van der Waals surface area (Å²) in [5, 5.41) is 15.0. The summed E-state index contributed by atoms with van der Waals surface area (Å²) in [6.07, 6.45) is 3.22. The molecule has 0 bridgehead atoms. The van der Waals surface area contributed by atoms with Crippen molar-refractivity contribution in [2.24, 2.45) is 0 Å². The number of carbonyl (C=O) groups excluding carboxylic acids is 2. The lowest BCUT2D eigenvalue weighted by atomic mass is 10.00. The van der Waals surface area contributed by atoms with Crippen molar-refractivity contribution in [2.75, 3.05) is 26.1 Å². The van der Waals surface area contributed by atoms with Crippen LogP contribution >= 0.6 is 0 Å². The maximum Gasteiger partial charge on any atom is 0.340 e. The van der Waals surface area contributed by atoms with Gasteiger partial charge < -0.3 is 20.1 Å². The molecule has 2 rings (SSSR count). The molecular weight excluding hydrogens is 310 g/mol. The predicted molar refractivity (Wildman–Crippen MR) is 87.8 cm³/mol. The Bertz CT molecular complexity index is 660. The van der Waals surface area contributed by atoms with Crippen molar-refractivity contribution >= 4 is 17.6 Å². The molecule has 128 valence electrons. The Balaban J connectivity index is 2.04. The maximum absolute atomic E-state index is 12.1. The van der Waals surface area contributed by atoms with E-state index in [0.717, 1.165) is 12.8 Å². The van der Waals surface area contributed by atoms with Crippen molar-refractivity contribution in [3.05, 3.63) is 23.8 Å². The largest absolute Gasteiger partial charge is 0.497 e. The summed E-state index contributed by atoms with van der Waals surface area (Å²) in [6.45, 7) is -0.0419. The second kappa shape index (κ2) is 7.68. The molecule has 0 aliphatic heterocycles. The molecule has 0 atom stereocenters. The number of nitriles is 1. The second-order valence-corrected chi connectivity index (χ2v) is 5.71. The van der Waals surface area contributed by atoms with Crippen LogP contribution in [0.15, 0.2) is 18.2 Å². The van der Waals surface area contributed by atoms with E-state index < -0.39 is 11.5 Å². The van der Waals surface area contributed by atoms with Crippen LogP contribution in [0.3, 0.4) is 0 Å². The number of benzene rings is 1. The van der Waals surface area contributed by atoms with E-state index in [1.54, 1.807) is 18.2 Å². The van der Waals surface area contributed by atoms with Crippen LogP contribution in [-0.4, -0.2) is 38.2 Å². The molecule has 0 aromatic heterocycles. The van der Waals surface area contributed by atoms with Gasteiger partial charge in [-0.1, -0.05) is 0 Å². The van der Waals surface area contributed by atoms with Gasteiger partial charge in [-0.15, -0.1) is 0 Å². The van der Waals surface area contributed by atoms with Gasteiger partial charge >= 0.3 is 5.97 Å². The highest BCUT2D eigenvalue weighted by molar-refractivity contribution is 5.96. The minimum absolute atomic E-state index is 0.0419. The summed E-state index contributed by atoms with van der Waals surface area (Å²) >= 11 is 0. The average Bonchev–Trinajstić information content (AvgIpc) is 3.08. The van der Waals surface area contributed by atoms with Gasteiger partial charge in [0.1, 0.15) is 11.3 Å². The Labute approximate surface area is 140 Å². The molecule has 7 nitrogen and oxygen atoms in total. The summed E-state index contributed by atoms with van der Waals surface area (Å²) in [4.78, 5) is 24.0. The van der Waals surface area contributed by atoms with Gasteiger partial charge in [0.25, 0.3) is 0 Å². The monoisotopic (exact) mass is 331 g/mol. The number of hydrogen-bond acceptors (Lipinski definition) is 6. The zero-order chi connectivity index (χ0) is 17.6. The fourth-order valence-corrected chi connectivity index (χ4v) is 2.81. The molecule has 1 aliphatic rings. The van der Waals surface area contributed by atoms with E-state index in [1.807, 2.05) is 0 Å². The number of nitrogens with zero attached hydrogens (tertiary/aromatic N) is 1. The normalized spacial score (nSPS) is 15.2. The van der Waals surface area contributed by atoms with Crippen LogP contribution in [0.5, 0.6) is 5.75 Å². The van der Waals surface area contributed by atoms with Crippen LogP contribution in [0.25, 0.3) is 0 Å². The van der Waals surface area contributed by atoms with Gasteiger partial charge in [0.2, 0.25) is 5.91 Å². The molecule has 24 heavy (non-hydrogen) atoms. The Morgan fingerprint density at radius 2 is 2.00 bits per heavy atom. The van der Waals surface area contributed by atoms with E-state index in [0.29, 0.717) is 24.3 Å². The average molecular weight is 331 g/mol. The van der Waals surface area contributed by atoms with E-state index in [4.69, 9.17) is 9.47 Å². The van der Waals surface area contributed by atoms with Gasteiger partial charge in [0.05, 0.1) is 32.4 Å². The molecule has 0 radical (unpaired) electrons. The number of nitrogens with one attached hydrogen (secondary N) is 2. The number of rotatable bonds is 6. The van der Waals surface area contributed by atoms with Crippen molar-refractivity contribution in [3.8, 4) is 11.8 Å². The smallest absolute Gasteiger partial charge is 0.340 e. The lowest BCUT2D eigenvalue weighted by molar-refractivity contribution is -0.120. The Kier molecular flexibility index (Phi) is 5.64. The third-order valence-corrected chi connectivity index (χ3v) is 4.12. The number of ether oxygens (including phenoxy) is 2. The summed E-state index contributed by atoms with van der Waals surface area (Å²) in [7, 11) is 2.79. The van der Waals surface area contributed by atoms with Gasteiger partial charge in [-0.2, -0.15) is 5.26 Å². The number of anilines is 1. The minimum atomic E-state index is -0.760. The predicted octanol–water partition coefficient (Wildman–Crippen LogP) is 1.85. The van der Waals surface area contributed by atoms with Gasteiger partial charge in [0.15, 0.2) is 0 Å². The lowest BCUT2D eigenvalue weighted by Crippen LogP contribution is -2.47. The van der Waals surface area contributed by atoms with E-state index in [1.165, 1.54) is 14.2 Å². The summed E-state index contributed by atoms with van der Waals surface area (Å²) in [5.74, 6) is -0.300. The Morgan fingerprint density at radius 1 is 1.29 bits per heavy atom. The molecule has 2 N–H and O–H groups in total. The van der Waals surface area contributed by atoms with Gasteiger partial charge in [-0.3, -0.25) is 4.79 Å². The van der Waals surface area contributed by atoms with Crippen LogP contribution in [0, 0.1) is 11.3 Å². The molecule has 1 aromatic carbocycles. The molecular formula is C17H21N3O4. The van der Waals surface area contributed by atoms with E-state index in [9.17, 15) is 14.9 Å². The fraction of sp³-hybridized carbons (Fsp3) is 0.471. The lowest BCUT2D eigenvalue weighted by Gasteiger charge is -2.22. The Morgan fingerprint density at radius 3 is 2.58 bits per heavy atom. The fourth-order valence-electron chi connectivity index (χ4n) is 2.81. The Hall–Kier alpha value is -2.75. The number of amides is 1. The van der Waals surface area contributed by atoms with Gasteiger partial charge in [-0.05, 0) is 43.9 Å². The summed E-state index contributed by atoms with van der Waals surface area (Å²) in [5.41, 5.74) is -0.0140. The van der Waals surface area contributed by atoms with Crippen LogP contribution in [0.4, 0.5) is 5.69 Å². The first kappa shape index (κ1) is 17.6. The first-order chi connectivity index (χ1) is 11.5. The van der Waals surface area contributed by atoms with E-state index in [-0.39, 0.29) is 18.0 Å². The first-order valence-electron chi connectivity index (χ1n) is 7.76. The molecule has 1 amide bonds. The van der Waals surface area contributed by atoms with Gasteiger partial charge in [-0.25, -0.2) is 4.79 Å². The number of methoxy groups -OCH3 is 2. The summed E-state index contributed by atoms with van der Waals surface area (Å²) < 4.78 is 9.84. The van der Waals surface area contributed by atoms with Crippen molar-refractivity contribution in [1.29, 1.82) is 5.26 Å². The summed E-state index contributed by atoms with van der Waals surface area (Å²) in [6, 6.07) is 7.08. The molecule has 1 aromatic rings. The molecule has 0 heterocycles. The molecule has 0 unspecified atom stereocenters. The topological polar surface area (TPSA) is 100 Å². The van der Waals surface area contributed by atoms with Crippen molar-refractivity contribution in [2.45, 2.75) is 31.2 Å². The first-order valence-corrected chi connectivity index (χ1v) is 7.76.